The highest BCUT2D eigenvalue weighted by Crippen LogP contribution is 2.31. The zero-order valence-electron chi connectivity index (χ0n) is 15.0. The molecule has 25 heavy (non-hydrogen) atoms. The van der Waals surface area contributed by atoms with E-state index in [0.29, 0.717) is 5.92 Å². The first kappa shape index (κ1) is 16.5. The average Bonchev–Trinajstić information content (AvgIpc) is 3.37. The lowest BCUT2D eigenvalue weighted by Crippen LogP contribution is -2.36. The van der Waals surface area contributed by atoms with Crippen LogP contribution in [0.1, 0.15) is 35.7 Å². The average molecular weight is 342 g/mol. The van der Waals surface area contributed by atoms with Gasteiger partial charge in [0.1, 0.15) is 11.4 Å². The summed E-state index contributed by atoms with van der Waals surface area (Å²) in [6.07, 6.45) is 2.65. The maximum Gasteiger partial charge on any atom is 0.118 e. The summed E-state index contributed by atoms with van der Waals surface area (Å²) < 4.78 is 13.2. The lowest BCUT2D eigenvalue weighted by atomic mass is 9.98. The molecule has 134 valence electrons. The molecule has 0 bridgehead atoms. The van der Waals surface area contributed by atoms with Crippen molar-refractivity contribution in [1.82, 2.24) is 19.9 Å². The van der Waals surface area contributed by atoms with E-state index in [2.05, 4.69) is 27.3 Å². The van der Waals surface area contributed by atoms with Crippen LogP contribution < -0.4 is 4.74 Å². The van der Waals surface area contributed by atoms with Gasteiger partial charge in [0.05, 0.1) is 19.4 Å². The van der Waals surface area contributed by atoms with Gasteiger partial charge in [0.2, 0.25) is 0 Å². The normalized spacial score (nSPS) is 20.5. The first-order valence-electron chi connectivity index (χ1n) is 9.04. The van der Waals surface area contributed by atoms with Crippen molar-refractivity contribution in [3.05, 3.63) is 41.2 Å². The lowest BCUT2D eigenvalue weighted by molar-refractivity contribution is 0.0866. The number of aromatic nitrogens is 3. The molecule has 1 fully saturated rings. The summed E-state index contributed by atoms with van der Waals surface area (Å²) in [7, 11) is 3.68. The Morgan fingerprint density at radius 2 is 1.96 bits per heavy atom. The van der Waals surface area contributed by atoms with Crippen molar-refractivity contribution >= 4 is 0 Å². The Kier molecular flexibility index (Phi) is 4.72. The van der Waals surface area contributed by atoms with Crippen molar-refractivity contribution in [3.8, 4) is 5.75 Å². The second kappa shape index (κ2) is 7.14. The summed E-state index contributed by atoms with van der Waals surface area (Å²) in [5, 5.41) is 8.61. The van der Waals surface area contributed by atoms with Gasteiger partial charge < -0.3 is 9.47 Å². The van der Waals surface area contributed by atoms with Crippen LogP contribution in [-0.2, 0) is 24.9 Å². The lowest BCUT2D eigenvalue weighted by Gasteiger charge is -2.32. The topological polar surface area (TPSA) is 52.4 Å². The van der Waals surface area contributed by atoms with Crippen molar-refractivity contribution in [1.29, 1.82) is 0 Å². The molecule has 1 aliphatic heterocycles. The highest BCUT2D eigenvalue weighted by atomic mass is 16.5. The molecule has 0 radical (unpaired) electrons. The first-order valence-corrected chi connectivity index (χ1v) is 9.04. The van der Waals surface area contributed by atoms with Crippen LogP contribution in [0.2, 0.25) is 0 Å². The quantitative estimate of drug-likeness (QED) is 0.773. The fraction of sp³-hybridized carbons (Fsp3) is 0.579. The van der Waals surface area contributed by atoms with Gasteiger partial charge in [-0.15, -0.1) is 5.10 Å². The number of fused-ring (bicyclic) bond motifs is 1. The third-order valence-electron chi connectivity index (χ3n) is 5.12. The summed E-state index contributed by atoms with van der Waals surface area (Å²) in [6, 6.07) is 8.29. The molecule has 1 aromatic carbocycles. The SMILES string of the molecule is COc1ccc(CN2Cc3nnn(C)c3[C@@H](COCC3CC3)C2)cc1. The van der Waals surface area contributed by atoms with E-state index < -0.39 is 0 Å². The third-order valence-corrected chi connectivity index (χ3v) is 5.12. The Morgan fingerprint density at radius 1 is 1.16 bits per heavy atom. The molecule has 1 saturated carbocycles. The number of methoxy groups -OCH3 is 1. The number of aryl methyl sites for hydroxylation is 1. The fourth-order valence-corrected chi connectivity index (χ4v) is 3.60. The van der Waals surface area contributed by atoms with Gasteiger partial charge in [-0.3, -0.25) is 9.58 Å². The maximum atomic E-state index is 6.00. The van der Waals surface area contributed by atoms with Gasteiger partial charge in [0.15, 0.2) is 0 Å². The Hall–Kier alpha value is -1.92. The summed E-state index contributed by atoms with van der Waals surface area (Å²) in [5.74, 6) is 2.02. The zero-order valence-corrected chi connectivity index (χ0v) is 15.0. The highest BCUT2D eigenvalue weighted by Gasteiger charge is 2.31. The summed E-state index contributed by atoms with van der Waals surface area (Å²) in [4.78, 5) is 2.43. The molecule has 4 rings (SSSR count). The van der Waals surface area contributed by atoms with Crippen LogP contribution in [0.5, 0.6) is 5.75 Å². The number of nitrogens with zero attached hydrogens (tertiary/aromatic N) is 4. The Bertz CT molecular complexity index is 709. The molecular formula is C19H26N4O2. The fourth-order valence-electron chi connectivity index (χ4n) is 3.60. The minimum atomic E-state index is 0.334. The van der Waals surface area contributed by atoms with Crippen molar-refractivity contribution in [3.63, 3.8) is 0 Å². The number of ether oxygens (including phenoxy) is 2. The number of hydrogen-bond acceptors (Lipinski definition) is 5. The number of benzene rings is 1. The van der Waals surface area contributed by atoms with Gasteiger partial charge >= 0.3 is 0 Å². The second-order valence-electron chi connectivity index (χ2n) is 7.24. The van der Waals surface area contributed by atoms with Gasteiger partial charge in [-0.2, -0.15) is 0 Å². The second-order valence-corrected chi connectivity index (χ2v) is 7.24. The summed E-state index contributed by atoms with van der Waals surface area (Å²) in [5.41, 5.74) is 3.61. The van der Waals surface area contributed by atoms with E-state index in [0.717, 1.165) is 50.2 Å². The molecule has 1 aliphatic carbocycles. The smallest absolute Gasteiger partial charge is 0.118 e. The van der Waals surface area contributed by atoms with E-state index in [-0.39, 0.29) is 0 Å². The van der Waals surface area contributed by atoms with Crippen molar-refractivity contribution in [2.75, 3.05) is 26.9 Å². The van der Waals surface area contributed by atoms with E-state index in [9.17, 15) is 0 Å². The van der Waals surface area contributed by atoms with Crippen LogP contribution in [0.25, 0.3) is 0 Å². The molecule has 0 saturated heterocycles. The zero-order chi connectivity index (χ0) is 17.2. The standard InChI is InChI=1S/C19H26N4O2/c1-22-19-16(13-25-12-15-3-4-15)10-23(11-18(19)20-21-22)9-14-5-7-17(24-2)8-6-14/h5-8,15-16H,3-4,9-13H2,1-2H3/t16-/m1/s1. The molecule has 6 heteroatoms. The molecule has 1 atom stereocenters. The molecule has 1 aromatic heterocycles. The highest BCUT2D eigenvalue weighted by molar-refractivity contribution is 5.27. The molecule has 0 spiro atoms. The monoisotopic (exact) mass is 342 g/mol. The van der Waals surface area contributed by atoms with Crippen LogP contribution in [0.3, 0.4) is 0 Å². The molecule has 2 heterocycles. The van der Waals surface area contributed by atoms with Crippen molar-refractivity contribution < 1.29 is 9.47 Å². The Balaban J connectivity index is 1.44. The van der Waals surface area contributed by atoms with E-state index in [1.165, 1.54) is 24.1 Å². The molecule has 0 N–H and O–H groups in total. The first-order chi connectivity index (χ1) is 12.2. The molecule has 2 aliphatic rings. The van der Waals surface area contributed by atoms with Gasteiger partial charge in [-0.1, -0.05) is 17.3 Å². The molecular weight excluding hydrogens is 316 g/mol. The predicted molar refractivity (Wildman–Crippen MR) is 94.4 cm³/mol. The maximum absolute atomic E-state index is 6.00. The summed E-state index contributed by atoms with van der Waals surface area (Å²) in [6.45, 7) is 4.37. The Morgan fingerprint density at radius 3 is 2.68 bits per heavy atom. The van der Waals surface area contributed by atoms with Crippen LogP contribution >= 0.6 is 0 Å². The van der Waals surface area contributed by atoms with Gasteiger partial charge in [-0.25, -0.2) is 0 Å². The molecule has 6 nitrogen and oxygen atoms in total. The minimum absolute atomic E-state index is 0.334. The van der Waals surface area contributed by atoms with E-state index in [1.54, 1.807) is 7.11 Å². The Labute approximate surface area is 148 Å². The van der Waals surface area contributed by atoms with E-state index in [4.69, 9.17) is 9.47 Å². The van der Waals surface area contributed by atoms with E-state index >= 15 is 0 Å². The van der Waals surface area contributed by atoms with Gasteiger partial charge in [0, 0.05) is 39.2 Å². The van der Waals surface area contributed by atoms with Crippen LogP contribution in [0.15, 0.2) is 24.3 Å². The predicted octanol–water partition coefficient (Wildman–Crippen LogP) is 2.35. The van der Waals surface area contributed by atoms with Crippen LogP contribution in [-0.4, -0.2) is 46.8 Å². The number of rotatable bonds is 7. The van der Waals surface area contributed by atoms with Gasteiger partial charge in [-0.05, 0) is 36.5 Å². The molecule has 0 unspecified atom stereocenters. The largest absolute Gasteiger partial charge is 0.497 e. The van der Waals surface area contributed by atoms with Crippen LogP contribution in [0.4, 0.5) is 0 Å². The van der Waals surface area contributed by atoms with Crippen molar-refractivity contribution in [2.45, 2.75) is 31.8 Å². The third kappa shape index (κ3) is 3.85. The van der Waals surface area contributed by atoms with E-state index in [1.807, 2.05) is 23.9 Å². The summed E-state index contributed by atoms with van der Waals surface area (Å²) >= 11 is 0. The molecule has 0 amide bonds. The minimum Gasteiger partial charge on any atom is -0.497 e. The number of hydrogen-bond donors (Lipinski definition) is 0. The molecule has 2 aromatic rings. The van der Waals surface area contributed by atoms with Crippen molar-refractivity contribution in [2.24, 2.45) is 13.0 Å². The van der Waals surface area contributed by atoms with Gasteiger partial charge in [0.25, 0.3) is 0 Å². The van der Waals surface area contributed by atoms with Crippen LogP contribution in [0, 0.1) is 5.92 Å².